The van der Waals surface area contributed by atoms with Gasteiger partial charge in [0, 0.05) is 6.04 Å². The second-order valence-electron chi connectivity index (χ2n) is 5.12. The van der Waals surface area contributed by atoms with E-state index in [1.807, 2.05) is 18.2 Å². The second-order valence-corrected chi connectivity index (χ2v) is 5.12. The first kappa shape index (κ1) is 12.4. The van der Waals surface area contributed by atoms with E-state index in [0.29, 0.717) is 6.04 Å². The largest absolute Gasteiger partial charge is 0.468 e. The molecule has 3 rings (SSSR count). The minimum Gasteiger partial charge on any atom is -0.468 e. The van der Waals surface area contributed by atoms with Crippen molar-refractivity contribution >= 4 is 0 Å². The number of halogens is 1. The van der Waals surface area contributed by atoms with Crippen molar-refractivity contribution in [1.82, 2.24) is 4.90 Å². The van der Waals surface area contributed by atoms with Gasteiger partial charge in [0.1, 0.15) is 11.6 Å². The summed E-state index contributed by atoms with van der Waals surface area (Å²) in [5, 5.41) is 0. The average Bonchev–Trinajstić information content (AvgIpc) is 2.92. The second kappa shape index (κ2) is 5.57. The van der Waals surface area contributed by atoms with Gasteiger partial charge in [0.2, 0.25) is 0 Å². The number of furan rings is 1. The Hall–Kier alpha value is -1.61. The third-order valence-corrected chi connectivity index (χ3v) is 3.79. The number of piperidine rings is 1. The molecule has 19 heavy (non-hydrogen) atoms. The third-order valence-electron chi connectivity index (χ3n) is 3.79. The fraction of sp³-hybridized carbons (Fsp3) is 0.375. The molecule has 1 saturated heterocycles. The van der Waals surface area contributed by atoms with E-state index >= 15 is 0 Å². The van der Waals surface area contributed by atoms with Crippen LogP contribution in [0.4, 0.5) is 4.39 Å². The molecule has 0 amide bonds. The van der Waals surface area contributed by atoms with Crippen LogP contribution in [0.2, 0.25) is 0 Å². The van der Waals surface area contributed by atoms with Crippen molar-refractivity contribution < 1.29 is 8.81 Å². The molecule has 0 spiro atoms. The van der Waals surface area contributed by atoms with E-state index in [2.05, 4.69) is 4.90 Å². The summed E-state index contributed by atoms with van der Waals surface area (Å²) in [5.41, 5.74) is 1.08. The van der Waals surface area contributed by atoms with Gasteiger partial charge >= 0.3 is 0 Å². The predicted octanol–water partition coefficient (Wildman–Crippen LogP) is 4.15. The Balaban J connectivity index is 1.80. The van der Waals surface area contributed by atoms with Gasteiger partial charge in [0.25, 0.3) is 0 Å². The van der Waals surface area contributed by atoms with Crippen LogP contribution in [0, 0.1) is 5.82 Å². The first-order chi connectivity index (χ1) is 9.33. The van der Waals surface area contributed by atoms with Gasteiger partial charge in [0.05, 0.1) is 12.8 Å². The zero-order valence-electron chi connectivity index (χ0n) is 10.9. The summed E-state index contributed by atoms with van der Waals surface area (Å²) in [4.78, 5) is 2.39. The van der Waals surface area contributed by atoms with Crippen molar-refractivity contribution in [1.29, 1.82) is 0 Å². The summed E-state index contributed by atoms with van der Waals surface area (Å²) in [7, 11) is 0. The Kier molecular flexibility index (Phi) is 3.65. The number of rotatable bonds is 3. The van der Waals surface area contributed by atoms with Crippen LogP contribution in [0.5, 0.6) is 0 Å². The van der Waals surface area contributed by atoms with E-state index < -0.39 is 0 Å². The van der Waals surface area contributed by atoms with Gasteiger partial charge < -0.3 is 4.42 Å². The van der Waals surface area contributed by atoms with Crippen LogP contribution in [0.1, 0.15) is 36.6 Å². The molecule has 0 saturated carbocycles. The Morgan fingerprint density at radius 1 is 1.21 bits per heavy atom. The zero-order valence-corrected chi connectivity index (χ0v) is 10.9. The smallest absolute Gasteiger partial charge is 0.123 e. The molecule has 1 fully saturated rings. The Labute approximate surface area is 112 Å². The molecule has 1 unspecified atom stereocenters. The average molecular weight is 259 g/mol. The number of benzene rings is 1. The van der Waals surface area contributed by atoms with E-state index in [0.717, 1.165) is 30.8 Å². The highest BCUT2D eigenvalue weighted by Gasteiger charge is 2.24. The standard InChI is InChI=1S/C16H18FNO/c17-14-6-3-5-13(11-14)16-8-1-2-9-18(16)12-15-7-4-10-19-15/h3-7,10-11,16H,1-2,8-9,12H2. The molecule has 2 nitrogen and oxygen atoms in total. The van der Waals surface area contributed by atoms with Gasteiger partial charge in [-0.2, -0.15) is 0 Å². The Morgan fingerprint density at radius 3 is 2.95 bits per heavy atom. The number of nitrogens with zero attached hydrogens (tertiary/aromatic N) is 1. The molecule has 2 heterocycles. The molecule has 1 aliphatic rings. The Morgan fingerprint density at radius 2 is 2.16 bits per heavy atom. The van der Waals surface area contributed by atoms with Crippen molar-refractivity contribution in [2.24, 2.45) is 0 Å². The lowest BCUT2D eigenvalue weighted by molar-refractivity contribution is 0.130. The van der Waals surface area contributed by atoms with Crippen LogP contribution in [0.3, 0.4) is 0 Å². The molecule has 3 heteroatoms. The zero-order chi connectivity index (χ0) is 13.1. The van der Waals surface area contributed by atoms with E-state index in [9.17, 15) is 4.39 Å². The number of hydrogen-bond acceptors (Lipinski definition) is 2. The van der Waals surface area contributed by atoms with Crippen LogP contribution in [0.25, 0.3) is 0 Å². The van der Waals surface area contributed by atoms with E-state index in [1.165, 1.54) is 18.9 Å². The summed E-state index contributed by atoms with van der Waals surface area (Å²) in [5.74, 6) is 0.823. The van der Waals surface area contributed by atoms with Crippen LogP contribution in [0.15, 0.2) is 47.1 Å². The lowest BCUT2D eigenvalue weighted by Gasteiger charge is -2.35. The predicted molar refractivity (Wildman–Crippen MR) is 72.1 cm³/mol. The number of likely N-dealkylation sites (tertiary alicyclic amines) is 1. The lowest BCUT2D eigenvalue weighted by atomic mass is 9.95. The van der Waals surface area contributed by atoms with Crippen molar-refractivity contribution in [3.8, 4) is 0 Å². The van der Waals surface area contributed by atoms with Gasteiger partial charge in [-0.3, -0.25) is 4.90 Å². The topological polar surface area (TPSA) is 16.4 Å². The molecular formula is C16H18FNO. The third kappa shape index (κ3) is 2.87. The highest BCUT2D eigenvalue weighted by molar-refractivity contribution is 5.21. The molecule has 0 aliphatic carbocycles. The molecule has 1 aromatic heterocycles. The molecular weight excluding hydrogens is 241 g/mol. The fourth-order valence-electron chi connectivity index (χ4n) is 2.87. The SMILES string of the molecule is Fc1cccc(C2CCCCN2Cc2ccco2)c1. The molecule has 1 aromatic carbocycles. The molecule has 2 aromatic rings. The van der Waals surface area contributed by atoms with Crippen LogP contribution in [-0.4, -0.2) is 11.4 Å². The first-order valence-electron chi connectivity index (χ1n) is 6.85. The first-order valence-corrected chi connectivity index (χ1v) is 6.85. The van der Waals surface area contributed by atoms with Crippen LogP contribution in [-0.2, 0) is 6.54 Å². The van der Waals surface area contributed by atoms with Crippen LogP contribution < -0.4 is 0 Å². The molecule has 0 bridgehead atoms. The van der Waals surface area contributed by atoms with Gasteiger partial charge in [0.15, 0.2) is 0 Å². The molecule has 100 valence electrons. The van der Waals surface area contributed by atoms with Gasteiger partial charge in [-0.15, -0.1) is 0 Å². The van der Waals surface area contributed by atoms with Gasteiger partial charge in [-0.25, -0.2) is 4.39 Å². The molecule has 1 aliphatic heterocycles. The molecule has 0 N–H and O–H groups in total. The quantitative estimate of drug-likeness (QED) is 0.823. The van der Waals surface area contributed by atoms with Gasteiger partial charge in [-0.05, 0) is 49.2 Å². The van der Waals surface area contributed by atoms with E-state index in [1.54, 1.807) is 18.4 Å². The van der Waals surface area contributed by atoms with Gasteiger partial charge in [-0.1, -0.05) is 18.6 Å². The van der Waals surface area contributed by atoms with E-state index in [-0.39, 0.29) is 5.82 Å². The summed E-state index contributed by atoms with van der Waals surface area (Å²) in [6.07, 6.45) is 5.20. The normalized spacial score (nSPS) is 20.6. The summed E-state index contributed by atoms with van der Waals surface area (Å²) < 4.78 is 18.8. The van der Waals surface area contributed by atoms with Crippen molar-refractivity contribution in [2.45, 2.75) is 31.8 Å². The monoisotopic (exact) mass is 259 g/mol. The lowest BCUT2D eigenvalue weighted by Crippen LogP contribution is -2.32. The molecule has 0 radical (unpaired) electrons. The maximum absolute atomic E-state index is 13.4. The van der Waals surface area contributed by atoms with Crippen molar-refractivity contribution in [3.05, 3.63) is 59.8 Å². The summed E-state index contributed by atoms with van der Waals surface area (Å²) in [6, 6.07) is 11.2. The maximum Gasteiger partial charge on any atom is 0.123 e. The fourth-order valence-corrected chi connectivity index (χ4v) is 2.87. The van der Waals surface area contributed by atoms with E-state index in [4.69, 9.17) is 4.42 Å². The highest BCUT2D eigenvalue weighted by atomic mass is 19.1. The summed E-state index contributed by atoms with van der Waals surface area (Å²) in [6.45, 7) is 1.84. The molecule has 1 atom stereocenters. The summed E-state index contributed by atoms with van der Waals surface area (Å²) >= 11 is 0. The maximum atomic E-state index is 13.4. The van der Waals surface area contributed by atoms with Crippen LogP contribution >= 0.6 is 0 Å². The number of hydrogen-bond donors (Lipinski definition) is 0. The minimum absolute atomic E-state index is 0.152. The van der Waals surface area contributed by atoms with Crippen molar-refractivity contribution in [2.75, 3.05) is 6.54 Å². The Bertz CT molecular complexity index is 523. The highest BCUT2D eigenvalue weighted by Crippen LogP contribution is 2.32. The van der Waals surface area contributed by atoms with Crippen molar-refractivity contribution in [3.63, 3.8) is 0 Å². The minimum atomic E-state index is -0.152.